The molecule has 17 heavy (non-hydrogen) atoms. The molecule has 2 fully saturated rings. The smallest absolute Gasteiger partial charge is 0.00631 e. The summed E-state index contributed by atoms with van der Waals surface area (Å²) in [5, 5.41) is 0. The van der Waals surface area contributed by atoms with E-state index in [1.807, 2.05) is 0 Å². The summed E-state index contributed by atoms with van der Waals surface area (Å²) in [6, 6.07) is 0.478. The zero-order valence-corrected chi connectivity index (χ0v) is 11.5. The standard InChI is InChI=1S/C15H30N2/c1-2-3-13-4-6-14(7-5-13)12-17-10-8-15(16)9-11-17/h13-15H,2-12,16H2,1H3. The summed E-state index contributed by atoms with van der Waals surface area (Å²) < 4.78 is 0. The summed E-state index contributed by atoms with van der Waals surface area (Å²) in [6.07, 6.45) is 11.2. The SMILES string of the molecule is CCCC1CCC(CN2CCC(N)CC2)CC1. The molecule has 0 bridgehead atoms. The van der Waals surface area contributed by atoms with Crippen LogP contribution in [0.1, 0.15) is 58.3 Å². The van der Waals surface area contributed by atoms with E-state index < -0.39 is 0 Å². The molecule has 2 rings (SSSR count). The Morgan fingerprint density at radius 3 is 2.12 bits per heavy atom. The van der Waals surface area contributed by atoms with Crippen LogP contribution in [-0.4, -0.2) is 30.6 Å². The van der Waals surface area contributed by atoms with Gasteiger partial charge in [0.05, 0.1) is 0 Å². The minimum absolute atomic E-state index is 0.478. The Bertz CT molecular complexity index is 201. The van der Waals surface area contributed by atoms with Crippen LogP contribution < -0.4 is 5.73 Å². The van der Waals surface area contributed by atoms with Gasteiger partial charge >= 0.3 is 0 Å². The van der Waals surface area contributed by atoms with Gasteiger partial charge in [0.2, 0.25) is 0 Å². The Kier molecular flexibility index (Phi) is 5.30. The maximum atomic E-state index is 5.95. The Hall–Kier alpha value is -0.0800. The van der Waals surface area contributed by atoms with Crippen LogP contribution in [0.2, 0.25) is 0 Å². The van der Waals surface area contributed by atoms with Crippen molar-refractivity contribution in [3.63, 3.8) is 0 Å². The van der Waals surface area contributed by atoms with E-state index >= 15 is 0 Å². The van der Waals surface area contributed by atoms with E-state index in [0.29, 0.717) is 6.04 Å². The molecule has 0 aromatic carbocycles. The van der Waals surface area contributed by atoms with Crippen LogP contribution in [0.15, 0.2) is 0 Å². The minimum Gasteiger partial charge on any atom is -0.328 e. The van der Waals surface area contributed by atoms with E-state index in [2.05, 4.69) is 11.8 Å². The fraction of sp³-hybridized carbons (Fsp3) is 1.00. The fourth-order valence-electron chi connectivity index (χ4n) is 3.61. The molecule has 1 aliphatic carbocycles. The van der Waals surface area contributed by atoms with Gasteiger partial charge in [-0.3, -0.25) is 0 Å². The van der Waals surface area contributed by atoms with Crippen molar-refractivity contribution in [1.82, 2.24) is 4.90 Å². The summed E-state index contributed by atoms with van der Waals surface area (Å²) in [4.78, 5) is 2.66. The molecule has 100 valence electrons. The minimum atomic E-state index is 0.478. The number of rotatable bonds is 4. The van der Waals surface area contributed by atoms with Crippen LogP contribution in [0.5, 0.6) is 0 Å². The Labute approximate surface area is 107 Å². The summed E-state index contributed by atoms with van der Waals surface area (Å²) in [6.45, 7) is 6.17. The van der Waals surface area contributed by atoms with Crippen molar-refractivity contribution in [2.24, 2.45) is 17.6 Å². The zero-order chi connectivity index (χ0) is 12.1. The van der Waals surface area contributed by atoms with Gasteiger partial charge in [-0.05, 0) is 50.6 Å². The Morgan fingerprint density at radius 2 is 1.53 bits per heavy atom. The van der Waals surface area contributed by atoms with Crippen LogP contribution in [0, 0.1) is 11.8 Å². The van der Waals surface area contributed by atoms with Gasteiger partial charge in [0, 0.05) is 12.6 Å². The maximum absolute atomic E-state index is 5.95. The van der Waals surface area contributed by atoms with Gasteiger partial charge in [0.25, 0.3) is 0 Å². The normalized spacial score (nSPS) is 32.8. The molecule has 0 radical (unpaired) electrons. The second-order valence-electron chi connectivity index (χ2n) is 6.31. The highest BCUT2D eigenvalue weighted by atomic mass is 15.1. The van der Waals surface area contributed by atoms with Crippen molar-refractivity contribution in [2.45, 2.75) is 64.3 Å². The fourth-order valence-corrected chi connectivity index (χ4v) is 3.61. The molecular weight excluding hydrogens is 208 g/mol. The third kappa shape index (κ3) is 4.26. The summed E-state index contributed by atoms with van der Waals surface area (Å²) in [5.74, 6) is 2.03. The predicted octanol–water partition coefficient (Wildman–Crippen LogP) is 3.02. The molecular formula is C15H30N2. The molecule has 0 spiro atoms. The van der Waals surface area contributed by atoms with Crippen molar-refractivity contribution < 1.29 is 0 Å². The summed E-state index contributed by atoms with van der Waals surface area (Å²) >= 11 is 0. The van der Waals surface area contributed by atoms with Crippen LogP contribution in [0.25, 0.3) is 0 Å². The lowest BCUT2D eigenvalue weighted by molar-refractivity contribution is 0.150. The lowest BCUT2D eigenvalue weighted by atomic mass is 9.80. The molecule has 0 aromatic rings. The molecule has 0 amide bonds. The number of hydrogen-bond acceptors (Lipinski definition) is 2. The highest BCUT2D eigenvalue weighted by Crippen LogP contribution is 2.32. The Morgan fingerprint density at radius 1 is 0.941 bits per heavy atom. The van der Waals surface area contributed by atoms with E-state index in [1.54, 1.807) is 0 Å². The van der Waals surface area contributed by atoms with E-state index in [-0.39, 0.29) is 0 Å². The van der Waals surface area contributed by atoms with Gasteiger partial charge in [0.1, 0.15) is 0 Å². The number of piperidine rings is 1. The van der Waals surface area contributed by atoms with Crippen molar-refractivity contribution in [2.75, 3.05) is 19.6 Å². The van der Waals surface area contributed by atoms with Crippen molar-refractivity contribution in [3.8, 4) is 0 Å². The maximum Gasteiger partial charge on any atom is 0.00631 e. The average molecular weight is 238 g/mol. The molecule has 0 aromatic heterocycles. The number of hydrogen-bond donors (Lipinski definition) is 1. The highest BCUT2D eigenvalue weighted by Gasteiger charge is 2.24. The van der Waals surface area contributed by atoms with Crippen molar-refractivity contribution in [1.29, 1.82) is 0 Å². The third-order valence-corrected chi connectivity index (χ3v) is 4.81. The van der Waals surface area contributed by atoms with Gasteiger partial charge < -0.3 is 10.6 Å². The molecule has 2 heteroatoms. The average Bonchev–Trinajstić information content (AvgIpc) is 2.35. The number of nitrogens with zero attached hydrogens (tertiary/aromatic N) is 1. The number of likely N-dealkylation sites (tertiary alicyclic amines) is 1. The Balaban J connectivity index is 1.64. The zero-order valence-electron chi connectivity index (χ0n) is 11.5. The van der Waals surface area contributed by atoms with Crippen LogP contribution >= 0.6 is 0 Å². The first kappa shape index (κ1) is 13.4. The third-order valence-electron chi connectivity index (χ3n) is 4.81. The largest absolute Gasteiger partial charge is 0.328 e. The molecule has 2 N–H and O–H groups in total. The molecule has 1 heterocycles. The topological polar surface area (TPSA) is 29.3 Å². The van der Waals surface area contributed by atoms with Crippen LogP contribution in [-0.2, 0) is 0 Å². The van der Waals surface area contributed by atoms with E-state index in [0.717, 1.165) is 11.8 Å². The molecule has 2 aliphatic rings. The second-order valence-corrected chi connectivity index (χ2v) is 6.31. The van der Waals surface area contributed by atoms with Gasteiger partial charge in [0.15, 0.2) is 0 Å². The van der Waals surface area contributed by atoms with Gasteiger partial charge in [-0.2, -0.15) is 0 Å². The summed E-state index contributed by atoms with van der Waals surface area (Å²) in [7, 11) is 0. The van der Waals surface area contributed by atoms with E-state index in [1.165, 1.54) is 71.0 Å². The molecule has 1 saturated heterocycles. The molecule has 0 unspecified atom stereocenters. The summed E-state index contributed by atoms with van der Waals surface area (Å²) in [5.41, 5.74) is 5.95. The quantitative estimate of drug-likeness (QED) is 0.816. The first-order valence-electron chi connectivity index (χ1n) is 7.76. The van der Waals surface area contributed by atoms with Crippen molar-refractivity contribution in [3.05, 3.63) is 0 Å². The van der Waals surface area contributed by atoms with E-state index in [9.17, 15) is 0 Å². The van der Waals surface area contributed by atoms with Crippen molar-refractivity contribution >= 4 is 0 Å². The van der Waals surface area contributed by atoms with Gasteiger partial charge in [-0.15, -0.1) is 0 Å². The van der Waals surface area contributed by atoms with Gasteiger partial charge in [-0.25, -0.2) is 0 Å². The number of nitrogens with two attached hydrogens (primary N) is 1. The first-order chi connectivity index (χ1) is 8.28. The highest BCUT2D eigenvalue weighted by molar-refractivity contribution is 4.79. The van der Waals surface area contributed by atoms with E-state index in [4.69, 9.17) is 5.73 Å². The molecule has 2 nitrogen and oxygen atoms in total. The molecule has 1 saturated carbocycles. The first-order valence-corrected chi connectivity index (χ1v) is 7.76. The van der Waals surface area contributed by atoms with Gasteiger partial charge in [-0.1, -0.05) is 32.6 Å². The molecule has 1 aliphatic heterocycles. The van der Waals surface area contributed by atoms with Crippen LogP contribution in [0.4, 0.5) is 0 Å². The second kappa shape index (κ2) is 6.75. The monoisotopic (exact) mass is 238 g/mol. The van der Waals surface area contributed by atoms with Crippen LogP contribution in [0.3, 0.4) is 0 Å². The molecule has 0 atom stereocenters. The lowest BCUT2D eigenvalue weighted by Crippen LogP contribution is -2.42. The predicted molar refractivity (Wildman–Crippen MR) is 74.0 cm³/mol. The lowest BCUT2D eigenvalue weighted by Gasteiger charge is -2.35.